The lowest BCUT2D eigenvalue weighted by atomic mass is 9.97. The molecule has 0 aliphatic heterocycles. The van der Waals surface area contributed by atoms with E-state index in [9.17, 15) is 14.4 Å². The third-order valence-electron chi connectivity index (χ3n) is 6.51. The molecule has 41 heavy (non-hydrogen) atoms. The zero-order valence-electron chi connectivity index (χ0n) is 25.4. The van der Waals surface area contributed by atoms with E-state index in [2.05, 4.69) is 10.6 Å². The number of carbonyl (C=O) groups excluding carboxylic acids is 3. The molecule has 0 heterocycles. The Morgan fingerprint density at radius 1 is 0.927 bits per heavy atom. The van der Waals surface area contributed by atoms with Gasteiger partial charge in [0.25, 0.3) is 5.91 Å². The largest absolute Gasteiger partial charge is 0.444 e. The minimum Gasteiger partial charge on any atom is -0.444 e. The van der Waals surface area contributed by atoms with Crippen molar-refractivity contribution in [3.63, 3.8) is 0 Å². The number of hydrogen-bond donors (Lipinski definition) is 2. The van der Waals surface area contributed by atoms with E-state index in [0.29, 0.717) is 23.4 Å². The van der Waals surface area contributed by atoms with Crippen LogP contribution in [0.5, 0.6) is 0 Å². The van der Waals surface area contributed by atoms with Crippen LogP contribution in [0.2, 0.25) is 0 Å². The van der Waals surface area contributed by atoms with Gasteiger partial charge in [-0.15, -0.1) is 0 Å². The van der Waals surface area contributed by atoms with Crippen LogP contribution in [0.3, 0.4) is 0 Å². The SMILES string of the molecule is CSCCC(NC(=O)OC(C)(C)C)C(=O)N(C(C)C)C(C(=O)Nc1ccc2ccccc2c1)c1cc(C)cc(C)c1. The first-order chi connectivity index (χ1) is 19.3. The number of nitrogens with one attached hydrogen (secondary N) is 2. The number of amides is 3. The number of ether oxygens (including phenoxy) is 1. The van der Waals surface area contributed by atoms with E-state index in [1.165, 1.54) is 0 Å². The normalized spacial score (nSPS) is 13.0. The molecule has 0 saturated carbocycles. The van der Waals surface area contributed by atoms with Crippen LogP contribution in [0.15, 0.2) is 60.7 Å². The summed E-state index contributed by atoms with van der Waals surface area (Å²) >= 11 is 1.58. The van der Waals surface area contributed by atoms with Crippen LogP contribution in [-0.4, -0.2) is 52.5 Å². The molecule has 3 aromatic carbocycles. The van der Waals surface area contributed by atoms with Gasteiger partial charge >= 0.3 is 6.09 Å². The van der Waals surface area contributed by atoms with Crippen molar-refractivity contribution >= 4 is 46.1 Å². The standard InChI is InChI=1S/C33H43N3O4S/c1-21(2)36(31(38)28(15-16-41-8)35-32(39)40-33(5,6)7)29(26-18-22(3)17-23(4)19-26)30(37)34-27-14-13-24-11-9-10-12-25(24)20-27/h9-14,17-21,28-29H,15-16H2,1-8H3,(H,34,37)(H,35,39). The van der Waals surface area contributed by atoms with E-state index < -0.39 is 23.8 Å². The number of nitrogens with zero attached hydrogens (tertiary/aromatic N) is 1. The minimum absolute atomic E-state index is 0.326. The number of benzene rings is 3. The van der Waals surface area contributed by atoms with Crippen molar-refractivity contribution in [1.82, 2.24) is 10.2 Å². The molecule has 3 amide bonds. The first-order valence-corrected chi connectivity index (χ1v) is 15.4. The molecule has 0 bridgehead atoms. The summed E-state index contributed by atoms with van der Waals surface area (Å²) in [4.78, 5) is 42.8. The molecule has 8 heteroatoms. The number of anilines is 1. The lowest BCUT2D eigenvalue weighted by Crippen LogP contribution is -2.54. The van der Waals surface area contributed by atoms with Gasteiger partial charge < -0.3 is 20.3 Å². The van der Waals surface area contributed by atoms with Gasteiger partial charge in [0.1, 0.15) is 17.7 Å². The van der Waals surface area contributed by atoms with Gasteiger partial charge in [-0.1, -0.05) is 59.7 Å². The first kappa shape index (κ1) is 32.0. The molecule has 0 spiro atoms. The quantitative estimate of drug-likeness (QED) is 0.270. The van der Waals surface area contributed by atoms with Gasteiger partial charge in [-0.2, -0.15) is 11.8 Å². The van der Waals surface area contributed by atoms with Gasteiger partial charge in [0, 0.05) is 11.7 Å². The van der Waals surface area contributed by atoms with Crippen molar-refractivity contribution in [2.45, 2.75) is 78.6 Å². The second kappa shape index (κ2) is 13.9. The Balaban J connectivity index is 2.04. The Labute approximate surface area is 248 Å². The van der Waals surface area contributed by atoms with Crippen LogP contribution in [0.25, 0.3) is 10.8 Å². The molecular weight excluding hydrogens is 534 g/mol. The molecule has 2 N–H and O–H groups in total. The third kappa shape index (κ3) is 8.98. The Hall–Kier alpha value is -3.52. The van der Waals surface area contributed by atoms with Crippen LogP contribution in [-0.2, 0) is 14.3 Å². The molecule has 220 valence electrons. The highest BCUT2D eigenvalue weighted by Crippen LogP contribution is 2.29. The van der Waals surface area contributed by atoms with Gasteiger partial charge in [-0.05, 0) is 95.4 Å². The third-order valence-corrected chi connectivity index (χ3v) is 7.16. The molecule has 7 nitrogen and oxygen atoms in total. The first-order valence-electron chi connectivity index (χ1n) is 14.0. The summed E-state index contributed by atoms with van der Waals surface area (Å²) in [6.07, 6.45) is 1.68. The summed E-state index contributed by atoms with van der Waals surface area (Å²) in [5.74, 6) is -0.0127. The molecule has 0 aliphatic carbocycles. The maximum Gasteiger partial charge on any atom is 0.408 e. The summed E-state index contributed by atoms with van der Waals surface area (Å²) in [5.41, 5.74) is 2.63. The summed E-state index contributed by atoms with van der Waals surface area (Å²) < 4.78 is 5.47. The van der Waals surface area contributed by atoms with Crippen LogP contribution in [0.4, 0.5) is 10.5 Å². The fourth-order valence-electron chi connectivity index (χ4n) is 4.89. The van der Waals surface area contributed by atoms with Gasteiger partial charge in [0.15, 0.2) is 0 Å². The van der Waals surface area contributed by atoms with E-state index in [-0.39, 0.29) is 17.9 Å². The maximum absolute atomic E-state index is 14.3. The smallest absolute Gasteiger partial charge is 0.408 e. The summed E-state index contributed by atoms with van der Waals surface area (Å²) in [6.45, 7) is 13.0. The maximum atomic E-state index is 14.3. The average Bonchev–Trinajstić information content (AvgIpc) is 2.87. The predicted molar refractivity (Wildman–Crippen MR) is 169 cm³/mol. The average molecular weight is 578 g/mol. The highest BCUT2D eigenvalue weighted by Gasteiger charge is 2.38. The number of hydrogen-bond acceptors (Lipinski definition) is 5. The number of rotatable bonds is 10. The topological polar surface area (TPSA) is 87.7 Å². The lowest BCUT2D eigenvalue weighted by Gasteiger charge is -2.37. The summed E-state index contributed by atoms with van der Waals surface area (Å²) in [6, 6.07) is 17.5. The molecule has 2 atom stereocenters. The molecule has 2 unspecified atom stereocenters. The molecule has 0 aliphatic rings. The van der Waals surface area contributed by atoms with Crippen molar-refractivity contribution < 1.29 is 19.1 Å². The van der Waals surface area contributed by atoms with Crippen molar-refractivity contribution in [2.24, 2.45) is 0 Å². The van der Waals surface area contributed by atoms with Crippen molar-refractivity contribution in [1.29, 1.82) is 0 Å². The highest BCUT2D eigenvalue weighted by atomic mass is 32.2. The summed E-state index contributed by atoms with van der Waals surface area (Å²) in [5, 5.41) is 7.92. The van der Waals surface area contributed by atoms with Crippen molar-refractivity contribution in [2.75, 3.05) is 17.3 Å². The number of thioether (sulfide) groups is 1. The number of fused-ring (bicyclic) bond motifs is 1. The van der Waals surface area contributed by atoms with Gasteiger partial charge in [-0.3, -0.25) is 9.59 Å². The van der Waals surface area contributed by atoms with Gasteiger partial charge in [0.05, 0.1) is 0 Å². The Morgan fingerprint density at radius 2 is 1.56 bits per heavy atom. The number of aryl methyl sites for hydroxylation is 2. The van der Waals surface area contributed by atoms with Crippen molar-refractivity contribution in [3.8, 4) is 0 Å². The zero-order chi connectivity index (χ0) is 30.3. The Morgan fingerprint density at radius 3 is 2.15 bits per heavy atom. The second-order valence-electron chi connectivity index (χ2n) is 11.7. The minimum atomic E-state index is -0.926. The molecule has 0 aromatic heterocycles. The van der Waals surface area contributed by atoms with Gasteiger partial charge in [0.2, 0.25) is 5.91 Å². The van der Waals surface area contributed by atoms with E-state index in [0.717, 1.165) is 21.9 Å². The van der Waals surface area contributed by atoms with E-state index in [1.807, 2.05) is 94.6 Å². The zero-order valence-corrected chi connectivity index (χ0v) is 26.2. The fraction of sp³-hybridized carbons (Fsp3) is 0.424. The monoisotopic (exact) mass is 577 g/mol. The van der Waals surface area contributed by atoms with E-state index in [1.54, 1.807) is 37.4 Å². The van der Waals surface area contributed by atoms with Crippen LogP contribution < -0.4 is 10.6 Å². The van der Waals surface area contributed by atoms with Crippen molar-refractivity contribution in [3.05, 3.63) is 77.4 Å². The highest BCUT2D eigenvalue weighted by molar-refractivity contribution is 7.98. The van der Waals surface area contributed by atoms with Crippen LogP contribution in [0, 0.1) is 13.8 Å². The second-order valence-corrected chi connectivity index (χ2v) is 12.7. The van der Waals surface area contributed by atoms with E-state index >= 15 is 0 Å². The molecule has 3 aromatic rings. The molecular formula is C33H43N3O4S. The number of alkyl carbamates (subject to hydrolysis) is 1. The van der Waals surface area contributed by atoms with Gasteiger partial charge in [-0.25, -0.2) is 4.79 Å². The van der Waals surface area contributed by atoms with Crippen LogP contribution >= 0.6 is 11.8 Å². The molecule has 0 saturated heterocycles. The number of carbonyl (C=O) groups is 3. The molecule has 0 fully saturated rings. The lowest BCUT2D eigenvalue weighted by molar-refractivity contribution is -0.143. The van der Waals surface area contributed by atoms with Crippen LogP contribution in [0.1, 0.15) is 63.8 Å². The molecule has 0 radical (unpaired) electrons. The Kier molecular flexibility index (Phi) is 10.8. The molecule has 3 rings (SSSR count). The Bertz CT molecular complexity index is 1360. The summed E-state index contributed by atoms with van der Waals surface area (Å²) in [7, 11) is 0. The predicted octanol–water partition coefficient (Wildman–Crippen LogP) is 7.02. The van der Waals surface area contributed by atoms with E-state index in [4.69, 9.17) is 4.74 Å². The fourth-order valence-corrected chi connectivity index (χ4v) is 5.36.